The molecule has 2 aromatic rings. The van der Waals surface area contributed by atoms with Gasteiger partial charge in [-0.1, -0.05) is 6.07 Å². The first-order valence-electron chi connectivity index (χ1n) is 8.07. The van der Waals surface area contributed by atoms with Gasteiger partial charge in [0.15, 0.2) is 11.5 Å². The molecule has 1 aromatic heterocycles. The van der Waals surface area contributed by atoms with Crippen LogP contribution in [0.15, 0.2) is 24.3 Å². The number of quaternary nitrogens is 1. The summed E-state index contributed by atoms with van der Waals surface area (Å²) in [6, 6.07) is 9.18. The molecule has 0 fully saturated rings. The van der Waals surface area contributed by atoms with Gasteiger partial charge in [-0.15, -0.1) is 11.3 Å². The van der Waals surface area contributed by atoms with E-state index in [9.17, 15) is 0 Å². The van der Waals surface area contributed by atoms with Gasteiger partial charge in [0.1, 0.15) is 6.04 Å². The lowest BCUT2D eigenvalue weighted by molar-refractivity contribution is -0.922. The molecule has 0 saturated heterocycles. The van der Waals surface area contributed by atoms with Crippen LogP contribution < -0.4 is 33.5 Å². The van der Waals surface area contributed by atoms with Crippen molar-refractivity contribution in [3.8, 4) is 11.5 Å². The molecule has 0 saturated carbocycles. The molecule has 2 heterocycles. The van der Waals surface area contributed by atoms with Gasteiger partial charge in [0.05, 0.1) is 39.7 Å². The van der Waals surface area contributed by atoms with Gasteiger partial charge >= 0.3 is 0 Å². The van der Waals surface area contributed by atoms with E-state index in [2.05, 4.69) is 39.2 Å². The maximum absolute atomic E-state index is 5.46. The molecule has 24 heavy (non-hydrogen) atoms. The van der Waals surface area contributed by atoms with E-state index in [4.69, 9.17) is 9.47 Å². The van der Waals surface area contributed by atoms with E-state index in [0.717, 1.165) is 22.4 Å². The number of halogens is 1. The summed E-state index contributed by atoms with van der Waals surface area (Å²) >= 11 is 1.97. The molecule has 0 spiro atoms. The Balaban J connectivity index is 0.00000208. The lowest BCUT2D eigenvalue weighted by atomic mass is 9.94. The van der Waals surface area contributed by atoms with Gasteiger partial charge in [0.25, 0.3) is 0 Å². The Bertz CT molecular complexity index is 711. The van der Waals surface area contributed by atoms with Crippen molar-refractivity contribution in [3.63, 3.8) is 0 Å². The molecule has 1 aromatic carbocycles. The highest BCUT2D eigenvalue weighted by Gasteiger charge is 2.37. The summed E-state index contributed by atoms with van der Waals surface area (Å²) in [5.41, 5.74) is 2.85. The Labute approximate surface area is 166 Å². The summed E-state index contributed by atoms with van der Waals surface area (Å²) in [6.07, 6.45) is 2.22. The van der Waals surface area contributed by atoms with E-state index in [1.165, 1.54) is 23.4 Å². The van der Waals surface area contributed by atoms with Crippen molar-refractivity contribution in [3.05, 3.63) is 45.1 Å². The predicted molar refractivity (Wildman–Crippen MR) is 95.7 cm³/mol. The SMILES string of the molecule is COc1ccc(CC2c3sc(C)cc3CC[N+]2(C)C)cc1OC.[I-]. The molecule has 1 unspecified atom stereocenters. The quantitative estimate of drug-likeness (QED) is 0.502. The summed E-state index contributed by atoms with van der Waals surface area (Å²) in [7, 11) is 8.08. The zero-order valence-electron chi connectivity index (χ0n) is 15.1. The van der Waals surface area contributed by atoms with Crippen LogP contribution >= 0.6 is 11.3 Å². The van der Waals surface area contributed by atoms with Gasteiger partial charge in [0.2, 0.25) is 0 Å². The van der Waals surface area contributed by atoms with Crippen LogP contribution in [0.2, 0.25) is 0 Å². The first-order chi connectivity index (χ1) is 10.9. The zero-order valence-corrected chi connectivity index (χ0v) is 18.0. The molecular formula is C19H26INO2S. The second-order valence-electron chi connectivity index (χ2n) is 6.91. The topological polar surface area (TPSA) is 18.5 Å². The summed E-state index contributed by atoms with van der Waals surface area (Å²) < 4.78 is 11.9. The van der Waals surface area contributed by atoms with Crippen LogP contribution in [0, 0.1) is 6.92 Å². The molecule has 5 heteroatoms. The molecular weight excluding hydrogens is 433 g/mol. The molecule has 1 atom stereocenters. The van der Waals surface area contributed by atoms with E-state index < -0.39 is 0 Å². The molecule has 0 amide bonds. The first kappa shape index (κ1) is 19.5. The monoisotopic (exact) mass is 459 g/mol. The lowest BCUT2D eigenvalue weighted by Gasteiger charge is -2.41. The van der Waals surface area contributed by atoms with Crippen LogP contribution in [0.3, 0.4) is 0 Å². The minimum Gasteiger partial charge on any atom is -1.00 e. The summed E-state index contributed by atoms with van der Waals surface area (Å²) in [5.74, 6) is 1.61. The number of fused-ring (bicyclic) bond motifs is 1. The van der Waals surface area contributed by atoms with Crippen molar-refractivity contribution < 1.29 is 37.9 Å². The van der Waals surface area contributed by atoms with Crippen molar-refractivity contribution in [1.29, 1.82) is 0 Å². The average molecular weight is 459 g/mol. The maximum atomic E-state index is 5.46. The van der Waals surface area contributed by atoms with Gasteiger partial charge in [-0.2, -0.15) is 0 Å². The van der Waals surface area contributed by atoms with Crippen molar-refractivity contribution in [2.45, 2.75) is 25.8 Å². The maximum Gasteiger partial charge on any atom is 0.160 e. The fraction of sp³-hybridized carbons (Fsp3) is 0.474. The Morgan fingerprint density at radius 2 is 1.83 bits per heavy atom. The molecule has 0 radical (unpaired) electrons. The Hall–Kier alpha value is -0.790. The van der Waals surface area contributed by atoms with Gasteiger partial charge in [-0.25, -0.2) is 0 Å². The van der Waals surface area contributed by atoms with Crippen LogP contribution in [0.4, 0.5) is 0 Å². The molecule has 132 valence electrons. The van der Waals surface area contributed by atoms with Crippen LogP contribution in [-0.4, -0.2) is 39.3 Å². The molecule has 0 bridgehead atoms. The van der Waals surface area contributed by atoms with E-state index >= 15 is 0 Å². The number of nitrogens with zero attached hydrogens (tertiary/aromatic N) is 1. The number of aryl methyl sites for hydroxylation is 1. The smallest absolute Gasteiger partial charge is 0.160 e. The van der Waals surface area contributed by atoms with E-state index in [1.54, 1.807) is 24.7 Å². The van der Waals surface area contributed by atoms with E-state index in [0.29, 0.717) is 6.04 Å². The molecule has 1 aliphatic heterocycles. The lowest BCUT2D eigenvalue weighted by Crippen LogP contribution is -3.00. The second-order valence-corrected chi connectivity index (χ2v) is 8.20. The Kier molecular flexibility index (Phi) is 6.20. The largest absolute Gasteiger partial charge is 1.00 e. The van der Waals surface area contributed by atoms with Crippen LogP contribution in [-0.2, 0) is 12.8 Å². The molecule has 0 aliphatic carbocycles. The fourth-order valence-electron chi connectivity index (χ4n) is 3.51. The van der Waals surface area contributed by atoms with Gasteiger partial charge in [-0.3, -0.25) is 0 Å². The minimum atomic E-state index is 0. The van der Waals surface area contributed by atoms with Crippen molar-refractivity contribution in [2.75, 3.05) is 34.9 Å². The van der Waals surface area contributed by atoms with Gasteiger partial charge in [0, 0.05) is 17.7 Å². The number of ether oxygens (including phenoxy) is 2. The third-order valence-corrected chi connectivity index (χ3v) is 6.14. The molecule has 0 N–H and O–H groups in total. The van der Waals surface area contributed by atoms with Gasteiger partial charge in [-0.05, 0) is 36.2 Å². The normalized spacial score (nSPS) is 18.5. The van der Waals surface area contributed by atoms with E-state index in [1.807, 2.05) is 17.4 Å². The number of methoxy groups -OCH3 is 2. The molecule has 3 rings (SSSR count). The fourth-order valence-corrected chi connectivity index (χ4v) is 4.86. The highest BCUT2D eigenvalue weighted by Crippen LogP contribution is 2.41. The first-order valence-corrected chi connectivity index (χ1v) is 8.89. The van der Waals surface area contributed by atoms with Crippen LogP contribution in [0.1, 0.15) is 26.9 Å². The number of hydrogen-bond donors (Lipinski definition) is 0. The van der Waals surface area contributed by atoms with Crippen molar-refractivity contribution in [1.82, 2.24) is 0 Å². The summed E-state index contributed by atoms with van der Waals surface area (Å²) in [5, 5.41) is 0. The summed E-state index contributed by atoms with van der Waals surface area (Å²) in [6.45, 7) is 3.41. The number of rotatable bonds is 4. The number of hydrogen-bond acceptors (Lipinski definition) is 3. The van der Waals surface area contributed by atoms with Crippen LogP contribution in [0.5, 0.6) is 11.5 Å². The highest BCUT2D eigenvalue weighted by molar-refractivity contribution is 7.12. The van der Waals surface area contributed by atoms with Crippen molar-refractivity contribution >= 4 is 11.3 Å². The third kappa shape index (κ3) is 3.73. The number of likely N-dealkylation sites (N-methyl/N-ethyl adjacent to an activating group) is 1. The standard InChI is InChI=1S/C19H26NO2S.HI/c1-13-10-15-8-9-20(2,3)16(19(15)23-13)11-14-6-7-17(21-4)18(12-14)22-5;/h6-7,10,12,16H,8-9,11H2,1-5H3;1H/q+1;/p-1. The highest BCUT2D eigenvalue weighted by atomic mass is 127. The van der Waals surface area contributed by atoms with E-state index in [-0.39, 0.29) is 24.0 Å². The number of benzene rings is 1. The van der Waals surface area contributed by atoms with Crippen molar-refractivity contribution in [2.24, 2.45) is 0 Å². The summed E-state index contributed by atoms with van der Waals surface area (Å²) in [4.78, 5) is 2.99. The average Bonchev–Trinajstić information content (AvgIpc) is 2.90. The Morgan fingerprint density at radius 1 is 1.12 bits per heavy atom. The van der Waals surface area contributed by atoms with Gasteiger partial charge < -0.3 is 37.9 Å². The molecule has 3 nitrogen and oxygen atoms in total. The number of thiophene rings is 1. The minimum absolute atomic E-state index is 0. The Morgan fingerprint density at radius 3 is 2.50 bits per heavy atom. The zero-order chi connectivity index (χ0) is 16.6. The van der Waals surface area contributed by atoms with Crippen LogP contribution in [0.25, 0.3) is 0 Å². The third-order valence-electron chi connectivity index (χ3n) is 4.95. The molecule has 1 aliphatic rings. The predicted octanol–water partition coefficient (Wildman–Crippen LogP) is 0.994. The second kappa shape index (κ2) is 7.62.